The molecule has 0 saturated heterocycles. The van der Waals surface area contributed by atoms with Gasteiger partial charge in [-0.2, -0.15) is 0 Å². The zero-order chi connectivity index (χ0) is 11.8. The van der Waals surface area contributed by atoms with E-state index in [0.717, 1.165) is 37.5 Å². The van der Waals surface area contributed by atoms with Crippen LogP contribution < -0.4 is 5.32 Å². The highest BCUT2D eigenvalue weighted by molar-refractivity contribution is 4.73. The molecule has 0 aromatic rings. The molecule has 0 amide bonds. The van der Waals surface area contributed by atoms with Crippen LogP contribution in [0.1, 0.15) is 46.0 Å². The van der Waals surface area contributed by atoms with Gasteiger partial charge in [0.1, 0.15) is 0 Å². The lowest BCUT2D eigenvalue weighted by molar-refractivity contribution is 0.195. The van der Waals surface area contributed by atoms with E-state index in [0.29, 0.717) is 0 Å². The smallest absolute Gasteiger partial charge is 0.0587 e. The molecule has 1 fully saturated rings. The standard InChI is InChI=1S/C14H29NO/c1-12-5-4-6-14(9-12)10-13(2)11-15-7-8-16-3/h12-15H,4-11H2,1-3H3. The van der Waals surface area contributed by atoms with Crippen LogP contribution >= 0.6 is 0 Å². The second kappa shape index (κ2) is 8.08. The van der Waals surface area contributed by atoms with Gasteiger partial charge in [0, 0.05) is 13.7 Å². The normalized spacial score (nSPS) is 27.9. The summed E-state index contributed by atoms with van der Waals surface area (Å²) in [6.07, 6.45) is 7.24. The van der Waals surface area contributed by atoms with Gasteiger partial charge in [0.05, 0.1) is 6.61 Å². The monoisotopic (exact) mass is 227 g/mol. The van der Waals surface area contributed by atoms with Crippen molar-refractivity contribution in [2.24, 2.45) is 17.8 Å². The maximum absolute atomic E-state index is 5.03. The summed E-state index contributed by atoms with van der Waals surface area (Å²) in [6, 6.07) is 0. The SMILES string of the molecule is COCCNCC(C)CC1CCCC(C)C1. The first-order valence-electron chi connectivity index (χ1n) is 6.92. The Morgan fingerprint density at radius 2 is 2.19 bits per heavy atom. The number of rotatable bonds is 7. The Morgan fingerprint density at radius 3 is 2.88 bits per heavy atom. The van der Waals surface area contributed by atoms with Gasteiger partial charge in [0.15, 0.2) is 0 Å². The molecule has 0 radical (unpaired) electrons. The Labute approximate surface area is 101 Å². The van der Waals surface area contributed by atoms with Gasteiger partial charge in [-0.3, -0.25) is 0 Å². The first kappa shape index (κ1) is 14.0. The number of ether oxygens (including phenoxy) is 1. The van der Waals surface area contributed by atoms with Crippen molar-refractivity contribution in [2.75, 3.05) is 26.8 Å². The number of nitrogens with one attached hydrogen (secondary N) is 1. The topological polar surface area (TPSA) is 21.3 Å². The Balaban J connectivity index is 2.06. The quantitative estimate of drug-likeness (QED) is 0.675. The summed E-state index contributed by atoms with van der Waals surface area (Å²) in [4.78, 5) is 0. The van der Waals surface area contributed by atoms with Crippen molar-refractivity contribution >= 4 is 0 Å². The molecule has 0 aromatic heterocycles. The zero-order valence-corrected chi connectivity index (χ0v) is 11.3. The van der Waals surface area contributed by atoms with Gasteiger partial charge in [-0.05, 0) is 37.1 Å². The molecule has 0 aromatic carbocycles. The molecule has 0 aliphatic heterocycles. The van der Waals surface area contributed by atoms with Crippen molar-refractivity contribution in [3.63, 3.8) is 0 Å². The molecule has 1 saturated carbocycles. The van der Waals surface area contributed by atoms with Crippen LogP contribution in [0.4, 0.5) is 0 Å². The molecule has 1 N–H and O–H groups in total. The van der Waals surface area contributed by atoms with Crippen molar-refractivity contribution < 1.29 is 4.74 Å². The zero-order valence-electron chi connectivity index (χ0n) is 11.3. The van der Waals surface area contributed by atoms with Gasteiger partial charge in [-0.1, -0.05) is 33.1 Å². The van der Waals surface area contributed by atoms with E-state index in [1.165, 1.54) is 32.1 Å². The van der Waals surface area contributed by atoms with Crippen LogP contribution in [-0.2, 0) is 4.74 Å². The van der Waals surface area contributed by atoms with E-state index in [2.05, 4.69) is 19.2 Å². The Bertz CT molecular complexity index is 172. The van der Waals surface area contributed by atoms with Crippen molar-refractivity contribution in [2.45, 2.75) is 46.0 Å². The van der Waals surface area contributed by atoms with Crippen molar-refractivity contribution in [3.05, 3.63) is 0 Å². The third-order valence-electron chi connectivity index (χ3n) is 3.76. The van der Waals surface area contributed by atoms with Crippen molar-refractivity contribution in [1.29, 1.82) is 0 Å². The molecular formula is C14H29NO. The van der Waals surface area contributed by atoms with Gasteiger partial charge < -0.3 is 10.1 Å². The highest BCUT2D eigenvalue weighted by atomic mass is 16.5. The predicted octanol–water partition coefficient (Wildman–Crippen LogP) is 3.07. The molecule has 1 rings (SSSR count). The third kappa shape index (κ3) is 5.86. The lowest BCUT2D eigenvalue weighted by Gasteiger charge is -2.28. The van der Waals surface area contributed by atoms with Crippen LogP contribution in [0, 0.1) is 17.8 Å². The van der Waals surface area contributed by atoms with Crippen molar-refractivity contribution in [1.82, 2.24) is 5.32 Å². The maximum Gasteiger partial charge on any atom is 0.0587 e. The van der Waals surface area contributed by atoms with E-state index in [-0.39, 0.29) is 0 Å². The van der Waals surface area contributed by atoms with Gasteiger partial charge in [-0.15, -0.1) is 0 Å². The average Bonchev–Trinajstić information content (AvgIpc) is 2.24. The summed E-state index contributed by atoms with van der Waals surface area (Å²) in [7, 11) is 1.76. The molecule has 16 heavy (non-hydrogen) atoms. The van der Waals surface area contributed by atoms with Crippen LogP contribution in [0.25, 0.3) is 0 Å². The lowest BCUT2D eigenvalue weighted by Crippen LogP contribution is -2.27. The number of methoxy groups -OCH3 is 1. The third-order valence-corrected chi connectivity index (χ3v) is 3.76. The van der Waals surface area contributed by atoms with E-state index in [1.807, 2.05) is 0 Å². The summed E-state index contributed by atoms with van der Waals surface area (Å²) in [6.45, 7) is 7.75. The maximum atomic E-state index is 5.03. The Kier molecular flexibility index (Phi) is 7.06. The Hall–Kier alpha value is -0.0800. The Morgan fingerprint density at radius 1 is 1.38 bits per heavy atom. The molecule has 0 heterocycles. The predicted molar refractivity (Wildman–Crippen MR) is 69.6 cm³/mol. The minimum atomic E-state index is 0.812. The van der Waals surface area contributed by atoms with E-state index in [9.17, 15) is 0 Å². The number of hydrogen-bond acceptors (Lipinski definition) is 2. The molecule has 3 unspecified atom stereocenters. The fraction of sp³-hybridized carbons (Fsp3) is 1.00. The molecule has 3 atom stereocenters. The van der Waals surface area contributed by atoms with Crippen LogP contribution in [0.2, 0.25) is 0 Å². The summed E-state index contributed by atoms with van der Waals surface area (Å²) in [5.74, 6) is 2.77. The van der Waals surface area contributed by atoms with Gasteiger partial charge in [-0.25, -0.2) is 0 Å². The van der Waals surface area contributed by atoms with E-state index < -0.39 is 0 Å². The van der Waals surface area contributed by atoms with Crippen LogP contribution in [0.3, 0.4) is 0 Å². The summed E-state index contributed by atoms with van der Waals surface area (Å²) in [5.41, 5.74) is 0. The summed E-state index contributed by atoms with van der Waals surface area (Å²) < 4.78 is 5.03. The first-order valence-corrected chi connectivity index (χ1v) is 6.92. The largest absolute Gasteiger partial charge is 0.383 e. The summed E-state index contributed by atoms with van der Waals surface area (Å²) >= 11 is 0. The van der Waals surface area contributed by atoms with Gasteiger partial charge in [0.2, 0.25) is 0 Å². The van der Waals surface area contributed by atoms with Crippen LogP contribution in [0.5, 0.6) is 0 Å². The van der Waals surface area contributed by atoms with Gasteiger partial charge >= 0.3 is 0 Å². The molecule has 1 aliphatic carbocycles. The van der Waals surface area contributed by atoms with Crippen LogP contribution in [0.15, 0.2) is 0 Å². The molecule has 1 aliphatic rings. The fourth-order valence-corrected chi connectivity index (χ4v) is 2.95. The van der Waals surface area contributed by atoms with Crippen LogP contribution in [-0.4, -0.2) is 26.8 Å². The average molecular weight is 227 g/mol. The minimum absolute atomic E-state index is 0.812. The second-order valence-corrected chi connectivity index (χ2v) is 5.68. The highest BCUT2D eigenvalue weighted by Crippen LogP contribution is 2.32. The van der Waals surface area contributed by atoms with E-state index >= 15 is 0 Å². The molecule has 0 spiro atoms. The molecule has 96 valence electrons. The van der Waals surface area contributed by atoms with E-state index in [4.69, 9.17) is 4.74 Å². The van der Waals surface area contributed by atoms with Crippen molar-refractivity contribution in [3.8, 4) is 0 Å². The number of hydrogen-bond donors (Lipinski definition) is 1. The molecule has 0 bridgehead atoms. The minimum Gasteiger partial charge on any atom is -0.383 e. The highest BCUT2D eigenvalue weighted by Gasteiger charge is 2.20. The lowest BCUT2D eigenvalue weighted by atomic mass is 9.78. The molecule has 2 heteroatoms. The molecular weight excluding hydrogens is 198 g/mol. The molecule has 2 nitrogen and oxygen atoms in total. The van der Waals surface area contributed by atoms with Gasteiger partial charge in [0.25, 0.3) is 0 Å². The summed E-state index contributed by atoms with van der Waals surface area (Å²) in [5, 5.41) is 3.46. The van der Waals surface area contributed by atoms with E-state index in [1.54, 1.807) is 7.11 Å². The second-order valence-electron chi connectivity index (χ2n) is 5.68. The fourth-order valence-electron chi connectivity index (χ4n) is 2.95. The first-order chi connectivity index (χ1) is 7.72.